The smallest absolute Gasteiger partial charge is 0.228 e. The third-order valence-corrected chi connectivity index (χ3v) is 4.36. The molecule has 0 saturated carbocycles. The van der Waals surface area contributed by atoms with Crippen LogP contribution in [0.25, 0.3) is 0 Å². The number of hydrogen-bond acceptors (Lipinski definition) is 4. The van der Waals surface area contributed by atoms with Gasteiger partial charge in [0.2, 0.25) is 15.9 Å². The first kappa shape index (κ1) is 13.7. The normalized spacial score (nSPS) is 19.8. The van der Waals surface area contributed by atoms with Gasteiger partial charge in [-0.15, -0.1) is 0 Å². The van der Waals surface area contributed by atoms with Gasteiger partial charge < -0.3 is 4.90 Å². The number of primary sulfonamides is 1. The van der Waals surface area contributed by atoms with Gasteiger partial charge in [-0.2, -0.15) is 0 Å². The monoisotopic (exact) mass is 282 g/mol. The van der Waals surface area contributed by atoms with Gasteiger partial charge in [-0.05, 0) is 19.1 Å². The van der Waals surface area contributed by atoms with E-state index in [0.29, 0.717) is 11.3 Å². The standard InChI is InChI=1S/C12H14N2O4S/c1-8(15)9-3-2-4-10(5-9)14-7-11(6-12(14)16)19(13,17)18/h2-5,11H,6-7H2,1H3,(H2,13,17,18). The first-order valence-electron chi connectivity index (χ1n) is 5.72. The Labute approximate surface area is 111 Å². The molecule has 1 aromatic rings. The molecule has 1 amide bonds. The maximum Gasteiger partial charge on any atom is 0.228 e. The lowest BCUT2D eigenvalue weighted by atomic mass is 10.1. The molecule has 0 bridgehead atoms. The van der Waals surface area contributed by atoms with Crippen LogP contribution in [0.5, 0.6) is 0 Å². The van der Waals surface area contributed by atoms with Gasteiger partial charge in [0.05, 0.1) is 0 Å². The molecule has 1 unspecified atom stereocenters. The van der Waals surface area contributed by atoms with Crippen molar-refractivity contribution in [3.63, 3.8) is 0 Å². The van der Waals surface area contributed by atoms with E-state index in [1.54, 1.807) is 24.3 Å². The Bertz CT molecular complexity index is 639. The average Bonchev–Trinajstić information content (AvgIpc) is 2.71. The number of benzene rings is 1. The maximum atomic E-state index is 11.8. The van der Waals surface area contributed by atoms with Crippen molar-refractivity contribution in [1.82, 2.24) is 0 Å². The number of nitrogens with two attached hydrogens (primary N) is 1. The Hall–Kier alpha value is -1.73. The van der Waals surface area contributed by atoms with Crippen LogP contribution in [0.15, 0.2) is 24.3 Å². The lowest BCUT2D eigenvalue weighted by molar-refractivity contribution is -0.117. The van der Waals surface area contributed by atoms with Gasteiger partial charge in [0.15, 0.2) is 5.78 Å². The van der Waals surface area contributed by atoms with Gasteiger partial charge in [0, 0.05) is 24.2 Å². The van der Waals surface area contributed by atoms with E-state index in [1.807, 2.05) is 0 Å². The maximum absolute atomic E-state index is 11.8. The Morgan fingerprint density at radius 2 is 2.11 bits per heavy atom. The number of ketones is 1. The first-order chi connectivity index (χ1) is 8.79. The van der Waals surface area contributed by atoms with Gasteiger partial charge in [-0.3, -0.25) is 9.59 Å². The van der Waals surface area contributed by atoms with Crippen molar-refractivity contribution in [3.05, 3.63) is 29.8 Å². The van der Waals surface area contributed by atoms with Crippen LogP contribution in [0, 0.1) is 0 Å². The summed E-state index contributed by atoms with van der Waals surface area (Å²) in [7, 11) is -3.73. The fraction of sp³-hybridized carbons (Fsp3) is 0.333. The number of carbonyl (C=O) groups is 2. The lowest BCUT2D eigenvalue weighted by Crippen LogP contribution is -2.32. The van der Waals surface area contributed by atoms with Crippen molar-refractivity contribution in [3.8, 4) is 0 Å². The molecule has 1 atom stereocenters. The lowest BCUT2D eigenvalue weighted by Gasteiger charge is -2.16. The summed E-state index contributed by atoms with van der Waals surface area (Å²) in [5.74, 6) is -0.420. The van der Waals surface area contributed by atoms with Crippen LogP contribution < -0.4 is 10.0 Å². The van der Waals surface area contributed by atoms with Gasteiger partial charge in [-0.25, -0.2) is 13.6 Å². The molecule has 19 heavy (non-hydrogen) atoms. The largest absolute Gasteiger partial charge is 0.311 e. The molecule has 1 fully saturated rings. The molecule has 0 aliphatic carbocycles. The van der Waals surface area contributed by atoms with E-state index in [-0.39, 0.29) is 24.7 Å². The number of anilines is 1. The molecule has 0 aromatic heterocycles. The molecule has 1 aromatic carbocycles. The van der Waals surface area contributed by atoms with E-state index in [1.165, 1.54) is 11.8 Å². The second kappa shape index (κ2) is 4.75. The van der Waals surface area contributed by atoms with Crippen LogP contribution in [0.2, 0.25) is 0 Å². The summed E-state index contributed by atoms with van der Waals surface area (Å²) in [6.45, 7) is 1.46. The van der Waals surface area contributed by atoms with Crippen molar-refractivity contribution in [2.24, 2.45) is 5.14 Å². The Morgan fingerprint density at radius 1 is 1.42 bits per heavy atom. The summed E-state index contributed by atoms with van der Waals surface area (Å²) in [5, 5.41) is 4.17. The predicted octanol–water partition coefficient (Wildman–Crippen LogP) is 0.283. The number of rotatable bonds is 3. The third kappa shape index (κ3) is 2.82. The highest BCUT2D eigenvalue weighted by Crippen LogP contribution is 2.25. The minimum Gasteiger partial charge on any atom is -0.311 e. The Kier molecular flexibility index (Phi) is 3.42. The van der Waals surface area contributed by atoms with Crippen LogP contribution >= 0.6 is 0 Å². The van der Waals surface area contributed by atoms with Crippen LogP contribution in [-0.2, 0) is 14.8 Å². The molecule has 6 nitrogen and oxygen atoms in total. The van der Waals surface area contributed by atoms with Gasteiger partial charge in [0.25, 0.3) is 0 Å². The van der Waals surface area contributed by atoms with E-state index in [9.17, 15) is 18.0 Å². The van der Waals surface area contributed by atoms with Gasteiger partial charge in [0.1, 0.15) is 5.25 Å². The molecule has 1 aliphatic heterocycles. The Morgan fingerprint density at radius 3 is 2.63 bits per heavy atom. The zero-order valence-electron chi connectivity index (χ0n) is 10.4. The van der Waals surface area contributed by atoms with Gasteiger partial charge >= 0.3 is 0 Å². The molecule has 2 N–H and O–H groups in total. The van der Waals surface area contributed by atoms with Crippen molar-refractivity contribution in [2.45, 2.75) is 18.6 Å². The summed E-state index contributed by atoms with van der Waals surface area (Å²) in [6, 6.07) is 6.54. The zero-order valence-corrected chi connectivity index (χ0v) is 11.2. The van der Waals surface area contributed by atoms with Crippen LogP contribution in [0.1, 0.15) is 23.7 Å². The van der Waals surface area contributed by atoms with E-state index < -0.39 is 15.3 Å². The van der Waals surface area contributed by atoms with Crippen LogP contribution in [-0.4, -0.2) is 31.9 Å². The second-order valence-electron chi connectivity index (χ2n) is 4.53. The number of carbonyl (C=O) groups excluding carboxylic acids is 2. The molecule has 1 saturated heterocycles. The average molecular weight is 282 g/mol. The highest BCUT2D eigenvalue weighted by atomic mass is 32.2. The number of hydrogen-bond donors (Lipinski definition) is 1. The Balaban J connectivity index is 2.31. The summed E-state index contributed by atoms with van der Waals surface area (Å²) >= 11 is 0. The minimum atomic E-state index is -3.73. The molecular weight excluding hydrogens is 268 g/mol. The van der Waals surface area contributed by atoms with Crippen molar-refractivity contribution >= 4 is 27.4 Å². The highest BCUT2D eigenvalue weighted by Gasteiger charge is 2.37. The van der Waals surface area contributed by atoms with Crippen LogP contribution in [0.3, 0.4) is 0 Å². The fourth-order valence-corrected chi connectivity index (χ4v) is 2.77. The van der Waals surface area contributed by atoms with E-state index in [0.717, 1.165) is 0 Å². The zero-order chi connectivity index (χ0) is 14.2. The number of sulfonamides is 1. The number of nitrogens with zero attached hydrogens (tertiary/aromatic N) is 1. The summed E-state index contributed by atoms with van der Waals surface area (Å²) in [6.07, 6.45) is -0.122. The fourth-order valence-electron chi connectivity index (χ4n) is 2.04. The van der Waals surface area contributed by atoms with E-state index in [2.05, 4.69) is 0 Å². The topological polar surface area (TPSA) is 97.5 Å². The molecule has 1 aliphatic rings. The summed E-state index contributed by atoms with van der Waals surface area (Å²) in [5.41, 5.74) is 0.994. The predicted molar refractivity (Wildman–Crippen MR) is 70.3 cm³/mol. The van der Waals surface area contributed by atoms with Crippen LogP contribution in [0.4, 0.5) is 5.69 Å². The highest BCUT2D eigenvalue weighted by molar-refractivity contribution is 7.89. The molecular formula is C12H14N2O4S. The van der Waals surface area contributed by atoms with E-state index in [4.69, 9.17) is 5.14 Å². The molecule has 2 rings (SSSR count). The number of Topliss-reactive ketones (excluding diaryl/α,β-unsaturated/α-hetero) is 1. The SMILES string of the molecule is CC(=O)c1cccc(N2CC(S(N)(=O)=O)CC2=O)c1. The molecule has 1 heterocycles. The van der Waals surface area contributed by atoms with E-state index >= 15 is 0 Å². The quantitative estimate of drug-likeness (QED) is 0.805. The summed E-state index contributed by atoms with van der Waals surface area (Å²) in [4.78, 5) is 24.5. The summed E-state index contributed by atoms with van der Waals surface area (Å²) < 4.78 is 22.6. The molecule has 102 valence electrons. The van der Waals surface area contributed by atoms with Crippen molar-refractivity contribution < 1.29 is 18.0 Å². The van der Waals surface area contributed by atoms with Gasteiger partial charge in [-0.1, -0.05) is 12.1 Å². The third-order valence-electron chi connectivity index (χ3n) is 3.12. The second-order valence-corrected chi connectivity index (χ2v) is 6.37. The first-order valence-corrected chi connectivity index (χ1v) is 7.33. The number of amides is 1. The molecule has 7 heteroatoms. The van der Waals surface area contributed by atoms with Crippen molar-refractivity contribution in [1.29, 1.82) is 0 Å². The minimum absolute atomic E-state index is 0.0268. The van der Waals surface area contributed by atoms with Crippen molar-refractivity contribution in [2.75, 3.05) is 11.4 Å². The molecule has 0 radical (unpaired) electrons. The molecule has 0 spiro atoms.